The summed E-state index contributed by atoms with van der Waals surface area (Å²) in [5.41, 5.74) is 1.70. The van der Waals surface area contributed by atoms with Gasteiger partial charge >= 0.3 is 0 Å². The highest BCUT2D eigenvalue weighted by Gasteiger charge is 2.06. The molecule has 5 heteroatoms. The van der Waals surface area contributed by atoms with Crippen LogP contribution in [0.4, 0.5) is 0 Å². The van der Waals surface area contributed by atoms with Crippen LogP contribution in [-0.2, 0) is 6.54 Å². The Labute approximate surface area is 134 Å². The molecule has 108 valence electrons. The molecule has 0 aliphatic rings. The molecule has 1 amide bonds. The van der Waals surface area contributed by atoms with E-state index in [9.17, 15) is 4.79 Å². The summed E-state index contributed by atoms with van der Waals surface area (Å²) in [5.74, 6) is -0.203. The van der Waals surface area contributed by atoms with Crippen LogP contribution in [0, 0.1) is 0 Å². The van der Waals surface area contributed by atoms with Crippen molar-refractivity contribution in [1.29, 1.82) is 0 Å². The minimum absolute atomic E-state index is 0.203. The summed E-state index contributed by atoms with van der Waals surface area (Å²) in [7, 11) is 0. The van der Waals surface area contributed by atoms with E-state index in [-0.39, 0.29) is 5.91 Å². The van der Waals surface area contributed by atoms with E-state index < -0.39 is 0 Å². The molecule has 0 aromatic heterocycles. The monoisotopic (exact) mass is 316 g/mol. The van der Waals surface area contributed by atoms with Gasteiger partial charge in [0.15, 0.2) is 5.11 Å². The largest absolute Gasteiger partial charge is 0.358 e. The van der Waals surface area contributed by atoms with Crippen LogP contribution >= 0.6 is 24.0 Å². The molecule has 0 saturated heterocycles. The lowest BCUT2D eigenvalue weighted by atomic mass is 10.2. The van der Waals surface area contributed by atoms with Crippen molar-refractivity contribution >= 4 is 35.0 Å². The summed E-state index contributed by atoms with van der Waals surface area (Å²) >= 11 is 6.84. The van der Waals surface area contributed by atoms with Gasteiger partial charge in [0.25, 0.3) is 5.91 Å². The number of carbonyl (C=O) groups excluding carboxylic acids is 1. The third-order valence-electron chi connectivity index (χ3n) is 2.88. The molecule has 0 saturated carbocycles. The van der Waals surface area contributed by atoms with Crippen LogP contribution in [0.25, 0.3) is 0 Å². The topological polar surface area (TPSA) is 41.1 Å². The number of thiocarbonyl (C=S) groups is 1. The van der Waals surface area contributed by atoms with Gasteiger partial charge in [-0.1, -0.05) is 30.3 Å². The van der Waals surface area contributed by atoms with Crippen LogP contribution in [-0.4, -0.2) is 17.3 Å². The van der Waals surface area contributed by atoms with Crippen molar-refractivity contribution in [3.8, 4) is 0 Å². The van der Waals surface area contributed by atoms with Gasteiger partial charge in [0.2, 0.25) is 0 Å². The van der Waals surface area contributed by atoms with Gasteiger partial charge in [0, 0.05) is 17.0 Å². The maximum atomic E-state index is 11.9. The van der Waals surface area contributed by atoms with E-state index in [0.717, 1.165) is 5.56 Å². The molecule has 0 aliphatic carbocycles. The summed E-state index contributed by atoms with van der Waals surface area (Å²) in [6.45, 7) is 0.586. The van der Waals surface area contributed by atoms with Gasteiger partial charge in [-0.15, -0.1) is 11.8 Å². The lowest BCUT2D eigenvalue weighted by Gasteiger charge is -2.10. The Morgan fingerprint density at radius 2 is 1.76 bits per heavy atom. The fraction of sp³-hybridized carbons (Fsp3) is 0.125. The van der Waals surface area contributed by atoms with Gasteiger partial charge in [-0.25, -0.2) is 0 Å². The number of benzene rings is 2. The first-order valence-corrected chi connectivity index (χ1v) is 8.09. The van der Waals surface area contributed by atoms with Crippen molar-refractivity contribution in [2.24, 2.45) is 0 Å². The molecule has 0 atom stereocenters. The van der Waals surface area contributed by atoms with Crippen LogP contribution in [0.15, 0.2) is 59.5 Å². The van der Waals surface area contributed by atoms with Crippen LogP contribution in [0.3, 0.4) is 0 Å². The molecule has 2 N–H and O–H groups in total. The van der Waals surface area contributed by atoms with E-state index in [0.29, 0.717) is 17.2 Å². The predicted molar refractivity (Wildman–Crippen MR) is 91.6 cm³/mol. The van der Waals surface area contributed by atoms with Gasteiger partial charge < -0.3 is 5.32 Å². The Kier molecular flexibility index (Phi) is 5.78. The Bertz CT molecular complexity index is 612. The normalized spacial score (nSPS) is 9.95. The first-order chi connectivity index (χ1) is 10.2. The highest BCUT2D eigenvalue weighted by atomic mass is 32.2. The molecule has 0 heterocycles. The van der Waals surface area contributed by atoms with Crippen molar-refractivity contribution in [2.75, 3.05) is 6.26 Å². The zero-order valence-electron chi connectivity index (χ0n) is 11.6. The van der Waals surface area contributed by atoms with Gasteiger partial charge in [0.1, 0.15) is 0 Å². The first kappa shape index (κ1) is 15.5. The van der Waals surface area contributed by atoms with Crippen molar-refractivity contribution in [3.05, 3.63) is 65.7 Å². The smallest absolute Gasteiger partial charge is 0.257 e. The standard InChI is InChI=1S/C16H16N2OS2/c1-21-14-9-7-12(8-10-14)11-17-16(20)18-15(19)13-5-3-2-4-6-13/h2-10H,11H2,1H3,(H2,17,18,19,20). The van der Waals surface area contributed by atoms with Crippen LogP contribution in [0.1, 0.15) is 15.9 Å². The summed E-state index contributed by atoms with van der Waals surface area (Å²) in [5, 5.41) is 6.03. The second-order valence-electron chi connectivity index (χ2n) is 4.35. The Morgan fingerprint density at radius 3 is 2.38 bits per heavy atom. The third-order valence-corrected chi connectivity index (χ3v) is 3.87. The third kappa shape index (κ3) is 4.88. The molecule has 0 unspecified atom stereocenters. The number of hydrogen-bond acceptors (Lipinski definition) is 3. The zero-order valence-corrected chi connectivity index (χ0v) is 13.3. The number of carbonyl (C=O) groups is 1. The number of thioether (sulfide) groups is 1. The maximum Gasteiger partial charge on any atom is 0.257 e. The summed E-state index contributed by atoms with van der Waals surface area (Å²) in [6, 6.07) is 17.2. The highest BCUT2D eigenvalue weighted by molar-refractivity contribution is 7.98. The quantitative estimate of drug-likeness (QED) is 0.671. The Balaban J connectivity index is 1.83. The molecule has 3 nitrogen and oxygen atoms in total. The molecule has 0 spiro atoms. The summed E-state index contributed by atoms with van der Waals surface area (Å²) in [4.78, 5) is 13.1. The number of amides is 1. The van der Waals surface area contributed by atoms with E-state index in [2.05, 4.69) is 22.8 Å². The van der Waals surface area contributed by atoms with E-state index in [4.69, 9.17) is 12.2 Å². The lowest BCUT2D eigenvalue weighted by Crippen LogP contribution is -2.38. The van der Waals surface area contributed by atoms with Crippen LogP contribution in [0.2, 0.25) is 0 Å². The average Bonchev–Trinajstić information content (AvgIpc) is 2.54. The van der Waals surface area contributed by atoms with Crippen LogP contribution < -0.4 is 10.6 Å². The molecular weight excluding hydrogens is 300 g/mol. The fourth-order valence-electron chi connectivity index (χ4n) is 1.73. The Hall–Kier alpha value is -1.85. The fourth-order valence-corrected chi connectivity index (χ4v) is 2.31. The van der Waals surface area contributed by atoms with E-state index in [1.54, 1.807) is 23.9 Å². The van der Waals surface area contributed by atoms with Crippen molar-refractivity contribution < 1.29 is 4.79 Å². The predicted octanol–water partition coefficient (Wildman–Crippen LogP) is 3.21. The zero-order chi connectivity index (χ0) is 15.1. The van der Waals surface area contributed by atoms with Crippen molar-refractivity contribution in [3.63, 3.8) is 0 Å². The number of nitrogens with one attached hydrogen (secondary N) is 2. The van der Waals surface area contributed by atoms with Crippen LogP contribution in [0.5, 0.6) is 0 Å². The summed E-state index contributed by atoms with van der Waals surface area (Å²) in [6.07, 6.45) is 2.04. The van der Waals surface area contributed by atoms with Gasteiger partial charge in [0.05, 0.1) is 0 Å². The molecule has 0 aliphatic heterocycles. The molecule has 21 heavy (non-hydrogen) atoms. The Morgan fingerprint density at radius 1 is 1.10 bits per heavy atom. The lowest BCUT2D eigenvalue weighted by molar-refractivity contribution is 0.0976. The molecule has 2 rings (SSSR count). The molecule has 0 radical (unpaired) electrons. The summed E-state index contributed by atoms with van der Waals surface area (Å²) < 4.78 is 0. The van der Waals surface area contributed by atoms with E-state index in [1.165, 1.54) is 4.90 Å². The average molecular weight is 316 g/mol. The van der Waals surface area contributed by atoms with Gasteiger partial charge in [-0.2, -0.15) is 0 Å². The van der Waals surface area contributed by atoms with Crippen molar-refractivity contribution in [2.45, 2.75) is 11.4 Å². The minimum atomic E-state index is -0.203. The highest BCUT2D eigenvalue weighted by Crippen LogP contribution is 2.14. The SMILES string of the molecule is CSc1ccc(CNC(=S)NC(=O)c2ccccc2)cc1. The van der Waals surface area contributed by atoms with E-state index >= 15 is 0 Å². The molecule has 0 bridgehead atoms. The second kappa shape index (κ2) is 7.81. The first-order valence-electron chi connectivity index (χ1n) is 6.46. The number of rotatable bonds is 4. The van der Waals surface area contributed by atoms with Gasteiger partial charge in [-0.3, -0.25) is 10.1 Å². The molecule has 0 fully saturated rings. The number of hydrogen-bond donors (Lipinski definition) is 2. The molecule has 2 aromatic rings. The van der Waals surface area contributed by atoms with Crippen molar-refractivity contribution in [1.82, 2.24) is 10.6 Å². The minimum Gasteiger partial charge on any atom is -0.358 e. The maximum absolute atomic E-state index is 11.9. The van der Waals surface area contributed by atoms with E-state index in [1.807, 2.05) is 36.6 Å². The van der Waals surface area contributed by atoms with Gasteiger partial charge in [-0.05, 0) is 48.3 Å². The molecule has 2 aromatic carbocycles. The molecular formula is C16H16N2OS2. The second-order valence-corrected chi connectivity index (χ2v) is 5.64.